The van der Waals surface area contributed by atoms with Gasteiger partial charge in [0.15, 0.2) is 5.79 Å². The first kappa shape index (κ1) is 24.9. The van der Waals surface area contributed by atoms with Crippen molar-refractivity contribution in [1.29, 1.82) is 0 Å². The first-order valence-corrected chi connectivity index (χ1v) is 13.1. The lowest BCUT2D eigenvalue weighted by Gasteiger charge is -2.49. The number of hydrogen-bond donors (Lipinski definition) is 1. The third-order valence-corrected chi connectivity index (χ3v) is 7.89. The van der Waals surface area contributed by atoms with Crippen molar-refractivity contribution in [1.82, 2.24) is 20.0 Å². The molecule has 0 aromatic rings. The minimum absolute atomic E-state index is 0.0216. The number of piperazine rings is 1. The van der Waals surface area contributed by atoms with Crippen LogP contribution in [0, 0.1) is 11.8 Å². The Kier molecular flexibility index (Phi) is 7.98. The van der Waals surface area contributed by atoms with E-state index in [1.807, 2.05) is 11.8 Å². The van der Waals surface area contributed by atoms with Crippen LogP contribution in [0.25, 0.3) is 0 Å². The maximum atomic E-state index is 13.4. The molecule has 0 radical (unpaired) electrons. The van der Waals surface area contributed by atoms with Crippen LogP contribution in [0.15, 0.2) is 0 Å². The molecule has 1 N–H and O–H groups in total. The van der Waals surface area contributed by atoms with Gasteiger partial charge in [-0.1, -0.05) is 13.8 Å². The molecule has 1 spiro atoms. The van der Waals surface area contributed by atoms with E-state index in [1.165, 1.54) is 25.9 Å². The molecular formula is C25H44N4O4. The van der Waals surface area contributed by atoms with Crippen LogP contribution in [-0.2, 0) is 19.1 Å². The molecule has 2 amide bonds. The second-order valence-electron chi connectivity index (χ2n) is 11.1. The Morgan fingerprint density at radius 2 is 1.82 bits per heavy atom. The highest BCUT2D eigenvalue weighted by Gasteiger charge is 2.46. The zero-order valence-electron chi connectivity index (χ0n) is 21.1. The molecule has 4 heterocycles. The number of likely N-dealkylation sites (tertiary alicyclic amines) is 2. The van der Waals surface area contributed by atoms with Gasteiger partial charge >= 0.3 is 0 Å². The van der Waals surface area contributed by atoms with E-state index in [1.54, 1.807) is 4.90 Å². The van der Waals surface area contributed by atoms with Crippen LogP contribution in [0.3, 0.4) is 0 Å². The van der Waals surface area contributed by atoms with Gasteiger partial charge in [-0.2, -0.15) is 0 Å². The summed E-state index contributed by atoms with van der Waals surface area (Å²) < 4.78 is 12.6. The molecule has 0 aromatic heterocycles. The van der Waals surface area contributed by atoms with Crippen molar-refractivity contribution in [2.24, 2.45) is 11.8 Å². The number of nitrogens with one attached hydrogen (secondary N) is 1. The zero-order chi connectivity index (χ0) is 23.6. The summed E-state index contributed by atoms with van der Waals surface area (Å²) in [4.78, 5) is 32.7. The van der Waals surface area contributed by atoms with Gasteiger partial charge in [0.05, 0.1) is 19.3 Å². The maximum absolute atomic E-state index is 13.4. The number of rotatable bonds is 6. The summed E-state index contributed by atoms with van der Waals surface area (Å²) in [6.07, 6.45) is 4.78. The summed E-state index contributed by atoms with van der Waals surface area (Å²) >= 11 is 0. The van der Waals surface area contributed by atoms with Gasteiger partial charge in [-0.15, -0.1) is 0 Å². The van der Waals surface area contributed by atoms with E-state index in [2.05, 4.69) is 31.0 Å². The topological polar surface area (TPSA) is 74.3 Å². The fourth-order valence-electron chi connectivity index (χ4n) is 6.00. The van der Waals surface area contributed by atoms with Crippen molar-refractivity contribution >= 4 is 11.8 Å². The van der Waals surface area contributed by atoms with E-state index < -0.39 is 11.8 Å². The molecule has 8 nitrogen and oxygen atoms in total. The van der Waals surface area contributed by atoms with Gasteiger partial charge in [0, 0.05) is 51.0 Å². The SMILES string of the molecule is CC(C)C[C@@H]1NCCN([C@@H](C)C(=O)N2CC[C@]3(C[C@@H]2C)OC[C@@H](CN2CCCC2)CO3)C1=O. The third kappa shape index (κ3) is 5.72. The van der Waals surface area contributed by atoms with Crippen molar-refractivity contribution in [2.75, 3.05) is 52.5 Å². The van der Waals surface area contributed by atoms with Gasteiger partial charge in [0.2, 0.25) is 11.8 Å². The Balaban J connectivity index is 1.29. The Morgan fingerprint density at radius 3 is 2.45 bits per heavy atom. The first-order chi connectivity index (χ1) is 15.8. The smallest absolute Gasteiger partial charge is 0.245 e. The molecule has 0 aliphatic carbocycles. The van der Waals surface area contributed by atoms with Gasteiger partial charge in [-0.05, 0) is 52.1 Å². The van der Waals surface area contributed by atoms with Crippen LogP contribution in [0.5, 0.6) is 0 Å². The van der Waals surface area contributed by atoms with Crippen LogP contribution in [-0.4, -0.2) is 103 Å². The van der Waals surface area contributed by atoms with Crippen molar-refractivity contribution in [2.45, 2.75) is 83.7 Å². The van der Waals surface area contributed by atoms with Gasteiger partial charge in [0.1, 0.15) is 6.04 Å². The summed E-state index contributed by atoms with van der Waals surface area (Å²) in [5.41, 5.74) is 0. The molecule has 0 saturated carbocycles. The highest BCUT2D eigenvalue weighted by molar-refractivity contribution is 5.90. The highest BCUT2D eigenvalue weighted by atomic mass is 16.7. The number of nitrogens with zero attached hydrogens (tertiary/aromatic N) is 3. The summed E-state index contributed by atoms with van der Waals surface area (Å²) in [6.45, 7) is 15.1. The molecular weight excluding hydrogens is 420 g/mol. The predicted molar refractivity (Wildman–Crippen MR) is 127 cm³/mol. The number of carbonyl (C=O) groups excluding carboxylic acids is 2. The number of carbonyl (C=O) groups is 2. The summed E-state index contributed by atoms with van der Waals surface area (Å²) in [6, 6.07) is -0.606. The minimum Gasteiger partial charge on any atom is -0.349 e. The highest BCUT2D eigenvalue weighted by Crippen LogP contribution is 2.36. The summed E-state index contributed by atoms with van der Waals surface area (Å²) in [7, 11) is 0. The van der Waals surface area contributed by atoms with Crippen LogP contribution in [0.4, 0.5) is 0 Å². The van der Waals surface area contributed by atoms with E-state index in [4.69, 9.17) is 9.47 Å². The normalized spacial score (nSPS) is 34.9. The Hall–Kier alpha value is -1.22. The lowest BCUT2D eigenvalue weighted by Crippen LogP contribution is -2.63. The number of ether oxygens (including phenoxy) is 2. The number of hydrogen-bond acceptors (Lipinski definition) is 6. The summed E-state index contributed by atoms with van der Waals surface area (Å²) in [5, 5.41) is 3.33. The monoisotopic (exact) mass is 464 g/mol. The Bertz CT molecular complexity index is 688. The van der Waals surface area contributed by atoms with E-state index in [-0.39, 0.29) is 23.9 Å². The molecule has 33 heavy (non-hydrogen) atoms. The maximum Gasteiger partial charge on any atom is 0.245 e. The molecule has 8 heteroatoms. The number of amides is 2. The summed E-state index contributed by atoms with van der Waals surface area (Å²) in [5.74, 6) is 0.398. The van der Waals surface area contributed by atoms with Gasteiger partial charge in [-0.25, -0.2) is 0 Å². The van der Waals surface area contributed by atoms with Crippen molar-refractivity contribution in [3.63, 3.8) is 0 Å². The van der Waals surface area contributed by atoms with E-state index in [0.29, 0.717) is 37.8 Å². The first-order valence-electron chi connectivity index (χ1n) is 13.1. The fourth-order valence-corrected chi connectivity index (χ4v) is 6.00. The molecule has 3 atom stereocenters. The molecule has 0 unspecified atom stereocenters. The van der Waals surface area contributed by atoms with Crippen molar-refractivity contribution in [3.05, 3.63) is 0 Å². The number of piperidine rings is 1. The molecule has 4 aliphatic rings. The van der Waals surface area contributed by atoms with E-state index >= 15 is 0 Å². The van der Waals surface area contributed by atoms with Crippen molar-refractivity contribution < 1.29 is 19.1 Å². The van der Waals surface area contributed by atoms with Gasteiger partial charge in [0.25, 0.3) is 0 Å². The van der Waals surface area contributed by atoms with Gasteiger partial charge < -0.3 is 29.5 Å². The molecule has 0 aromatic carbocycles. The van der Waals surface area contributed by atoms with Gasteiger partial charge in [-0.3, -0.25) is 9.59 Å². The van der Waals surface area contributed by atoms with E-state index in [9.17, 15) is 9.59 Å². The molecule has 4 aliphatic heterocycles. The lowest BCUT2D eigenvalue weighted by atomic mass is 9.94. The third-order valence-electron chi connectivity index (χ3n) is 7.89. The molecule has 4 rings (SSSR count). The lowest BCUT2D eigenvalue weighted by molar-refractivity contribution is -0.303. The van der Waals surface area contributed by atoms with Crippen LogP contribution in [0.1, 0.15) is 59.8 Å². The molecule has 4 fully saturated rings. The standard InChI is InChI=1S/C25H44N4O4/c1-18(2)13-22-24(31)29(12-8-26-22)20(4)23(30)28-11-7-25(14-19(28)3)32-16-21(17-33-25)15-27-9-5-6-10-27/h18-22,26H,5-17H2,1-4H3/t19-,20-,21-,22-,25+/m0/s1. The predicted octanol–water partition coefficient (Wildman–Crippen LogP) is 1.69. The Morgan fingerprint density at radius 1 is 1.12 bits per heavy atom. The average Bonchev–Trinajstić information content (AvgIpc) is 3.29. The average molecular weight is 465 g/mol. The van der Waals surface area contributed by atoms with Crippen LogP contribution < -0.4 is 5.32 Å². The quantitative estimate of drug-likeness (QED) is 0.645. The van der Waals surface area contributed by atoms with Crippen LogP contribution >= 0.6 is 0 Å². The molecule has 0 bridgehead atoms. The Labute approximate surface area is 199 Å². The van der Waals surface area contributed by atoms with Crippen molar-refractivity contribution in [3.8, 4) is 0 Å². The van der Waals surface area contributed by atoms with E-state index in [0.717, 1.165) is 32.7 Å². The largest absolute Gasteiger partial charge is 0.349 e. The minimum atomic E-state index is -0.561. The second-order valence-corrected chi connectivity index (χ2v) is 11.1. The zero-order valence-corrected chi connectivity index (χ0v) is 21.1. The second kappa shape index (κ2) is 10.6. The molecule has 188 valence electrons. The molecule has 4 saturated heterocycles. The van der Waals surface area contributed by atoms with Crippen LogP contribution in [0.2, 0.25) is 0 Å². The fraction of sp³-hybridized carbons (Fsp3) is 0.920.